The molecule has 6 nitrogen and oxygen atoms in total. The van der Waals surface area contributed by atoms with Crippen molar-refractivity contribution in [2.45, 2.75) is 26.3 Å². The van der Waals surface area contributed by atoms with Crippen LogP contribution in [0.3, 0.4) is 0 Å². The van der Waals surface area contributed by atoms with Crippen LogP contribution >= 0.6 is 0 Å². The number of anilines is 2. The molecule has 0 aliphatic carbocycles. The predicted octanol–water partition coefficient (Wildman–Crippen LogP) is 0.777. The van der Waals surface area contributed by atoms with Crippen LogP contribution in [-0.2, 0) is 4.79 Å². The van der Waals surface area contributed by atoms with Gasteiger partial charge in [-0.15, -0.1) is 0 Å². The van der Waals surface area contributed by atoms with Gasteiger partial charge in [0.25, 0.3) is 0 Å². The van der Waals surface area contributed by atoms with Crippen molar-refractivity contribution in [3.63, 3.8) is 0 Å². The SMILES string of the molecule is CCCOc1nc(N2CCNC(=O)C2C)ccc1N. The van der Waals surface area contributed by atoms with Gasteiger partial charge in [0.1, 0.15) is 11.9 Å². The van der Waals surface area contributed by atoms with Gasteiger partial charge in [-0.05, 0) is 25.5 Å². The van der Waals surface area contributed by atoms with Crippen molar-refractivity contribution in [3.8, 4) is 5.88 Å². The van der Waals surface area contributed by atoms with E-state index in [0.29, 0.717) is 24.7 Å². The highest BCUT2D eigenvalue weighted by molar-refractivity contribution is 5.85. The Morgan fingerprint density at radius 2 is 2.37 bits per heavy atom. The normalized spacial score (nSPS) is 19.2. The first-order chi connectivity index (χ1) is 9.13. The molecule has 1 atom stereocenters. The number of amides is 1. The van der Waals surface area contributed by atoms with Gasteiger partial charge in [0.15, 0.2) is 0 Å². The third kappa shape index (κ3) is 2.89. The number of nitrogens with one attached hydrogen (secondary N) is 1. The van der Waals surface area contributed by atoms with E-state index in [2.05, 4.69) is 10.3 Å². The molecule has 1 amide bonds. The summed E-state index contributed by atoms with van der Waals surface area (Å²) in [6, 6.07) is 3.36. The minimum absolute atomic E-state index is 0.0147. The Morgan fingerprint density at radius 3 is 3.11 bits per heavy atom. The number of ether oxygens (including phenoxy) is 1. The first-order valence-corrected chi connectivity index (χ1v) is 6.57. The summed E-state index contributed by atoms with van der Waals surface area (Å²) in [5.74, 6) is 1.18. The van der Waals surface area contributed by atoms with E-state index < -0.39 is 0 Å². The van der Waals surface area contributed by atoms with Gasteiger partial charge in [0.05, 0.1) is 12.3 Å². The molecule has 19 heavy (non-hydrogen) atoms. The second-order valence-electron chi connectivity index (χ2n) is 4.57. The van der Waals surface area contributed by atoms with Gasteiger partial charge in [-0.25, -0.2) is 0 Å². The second kappa shape index (κ2) is 5.77. The molecule has 0 spiro atoms. The summed E-state index contributed by atoms with van der Waals surface area (Å²) in [5, 5.41) is 2.83. The lowest BCUT2D eigenvalue weighted by atomic mass is 10.2. The lowest BCUT2D eigenvalue weighted by Gasteiger charge is -2.33. The van der Waals surface area contributed by atoms with Gasteiger partial charge in [0.2, 0.25) is 11.8 Å². The summed E-state index contributed by atoms with van der Waals surface area (Å²) in [7, 11) is 0. The smallest absolute Gasteiger partial charge is 0.242 e. The quantitative estimate of drug-likeness (QED) is 0.840. The second-order valence-corrected chi connectivity index (χ2v) is 4.57. The summed E-state index contributed by atoms with van der Waals surface area (Å²) in [6.07, 6.45) is 0.897. The summed E-state index contributed by atoms with van der Waals surface area (Å²) >= 11 is 0. The molecule has 1 saturated heterocycles. The molecule has 6 heteroatoms. The van der Waals surface area contributed by atoms with Crippen molar-refractivity contribution in [1.29, 1.82) is 0 Å². The van der Waals surface area contributed by atoms with Gasteiger partial charge in [-0.3, -0.25) is 4.79 Å². The van der Waals surface area contributed by atoms with E-state index in [1.54, 1.807) is 6.07 Å². The van der Waals surface area contributed by atoms with E-state index in [4.69, 9.17) is 10.5 Å². The Hall–Kier alpha value is -1.98. The molecule has 1 aliphatic rings. The Balaban J connectivity index is 2.22. The third-order valence-corrected chi connectivity index (χ3v) is 3.11. The fourth-order valence-corrected chi connectivity index (χ4v) is 2.01. The average Bonchev–Trinajstić information content (AvgIpc) is 2.41. The fraction of sp³-hybridized carbons (Fsp3) is 0.538. The van der Waals surface area contributed by atoms with Crippen LogP contribution in [0.1, 0.15) is 20.3 Å². The van der Waals surface area contributed by atoms with Gasteiger partial charge in [0, 0.05) is 13.1 Å². The number of carbonyl (C=O) groups is 1. The third-order valence-electron chi connectivity index (χ3n) is 3.11. The van der Waals surface area contributed by atoms with Crippen LogP contribution in [0.4, 0.5) is 11.5 Å². The maximum Gasteiger partial charge on any atom is 0.242 e. The molecule has 1 aromatic heterocycles. The average molecular weight is 264 g/mol. The zero-order chi connectivity index (χ0) is 13.8. The number of carbonyl (C=O) groups excluding carboxylic acids is 1. The van der Waals surface area contributed by atoms with Crippen molar-refractivity contribution in [3.05, 3.63) is 12.1 Å². The first-order valence-electron chi connectivity index (χ1n) is 6.57. The van der Waals surface area contributed by atoms with E-state index in [-0.39, 0.29) is 11.9 Å². The highest BCUT2D eigenvalue weighted by atomic mass is 16.5. The molecule has 1 aliphatic heterocycles. The van der Waals surface area contributed by atoms with Gasteiger partial charge >= 0.3 is 0 Å². The van der Waals surface area contributed by atoms with E-state index in [0.717, 1.165) is 18.8 Å². The van der Waals surface area contributed by atoms with Crippen LogP contribution in [-0.4, -0.2) is 36.6 Å². The van der Waals surface area contributed by atoms with Crippen molar-refractivity contribution in [2.75, 3.05) is 30.3 Å². The molecule has 2 heterocycles. The van der Waals surface area contributed by atoms with E-state index in [1.807, 2.05) is 24.8 Å². The minimum atomic E-state index is -0.233. The molecular weight excluding hydrogens is 244 g/mol. The molecule has 0 aromatic carbocycles. The van der Waals surface area contributed by atoms with E-state index >= 15 is 0 Å². The molecule has 0 saturated carbocycles. The van der Waals surface area contributed by atoms with Crippen LogP contribution < -0.4 is 20.7 Å². The number of hydrogen-bond donors (Lipinski definition) is 2. The Bertz CT molecular complexity index is 464. The van der Waals surface area contributed by atoms with Crippen LogP contribution in [0.15, 0.2) is 12.1 Å². The molecular formula is C13H20N4O2. The van der Waals surface area contributed by atoms with Gasteiger partial charge < -0.3 is 20.7 Å². The zero-order valence-corrected chi connectivity index (χ0v) is 11.3. The van der Waals surface area contributed by atoms with Crippen molar-refractivity contribution in [2.24, 2.45) is 0 Å². The highest BCUT2D eigenvalue weighted by Crippen LogP contribution is 2.25. The maximum atomic E-state index is 11.7. The van der Waals surface area contributed by atoms with Gasteiger partial charge in [-0.1, -0.05) is 6.92 Å². The van der Waals surface area contributed by atoms with Gasteiger partial charge in [-0.2, -0.15) is 4.98 Å². The fourth-order valence-electron chi connectivity index (χ4n) is 2.01. The topological polar surface area (TPSA) is 80.5 Å². The van der Waals surface area contributed by atoms with Crippen molar-refractivity contribution < 1.29 is 9.53 Å². The Morgan fingerprint density at radius 1 is 1.58 bits per heavy atom. The molecule has 2 rings (SSSR count). The first kappa shape index (κ1) is 13.5. The lowest BCUT2D eigenvalue weighted by Crippen LogP contribution is -2.54. The van der Waals surface area contributed by atoms with Crippen LogP contribution in [0, 0.1) is 0 Å². The molecule has 3 N–H and O–H groups in total. The van der Waals surface area contributed by atoms with Crippen LogP contribution in [0.5, 0.6) is 5.88 Å². The summed E-state index contributed by atoms with van der Waals surface area (Å²) < 4.78 is 5.52. The Kier molecular flexibility index (Phi) is 4.09. The van der Waals surface area contributed by atoms with Crippen molar-refractivity contribution >= 4 is 17.4 Å². The number of pyridine rings is 1. The standard InChI is InChI=1S/C13H20N4O2/c1-3-8-19-13-10(14)4-5-11(16-13)17-7-6-15-12(18)9(17)2/h4-5,9H,3,6-8,14H2,1-2H3,(H,15,18). The maximum absolute atomic E-state index is 11.7. The number of nitrogens with two attached hydrogens (primary N) is 1. The molecule has 1 aromatic rings. The van der Waals surface area contributed by atoms with E-state index in [1.165, 1.54) is 0 Å². The number of nitrogens with zero attached hydrogens (tertiary/aromatic N) is 2. The lowest BCUT2D eigenvalue weighted by molar-refractivity contribution is -0.122. The van der Waals surface area contributed by atoms with Crippen LogP contribution in [0.2, 0.25) is 0 Å². The zero-order valence-electron chi connectivity index (χ0n) is 11.3. The monoisotopic (exact) mass is 264 g/mol. The molecule has 0 radical (unpaired) electrons. The molecule has 1 fully saturated rings. The number of piperazine rings is 1. The number of rotatable bonds is 4. The Labute approximate surface area is 112 Å². The number of aromatic nitrogens is 1. The van der Waals surface area contributed by atoms with Crippen molar-refractivity contribution in [1.82, 2.24) is 10.3 Å². The highest BCUT2D eigenvalue weighted by Gasteiger charge is 2.26. The number of hydrogen-bond acceptors (Lipinski definition) is 5. The largest absolute Gasteiger partial charge is 0.476 e. The summed E-state index contributed by atoms with van der Waals surface area (Å²) in [6.45, 7) is 5.82. The van der Waals surface area contributed by atoms with Crippen LogP contribution in [0.25, 0.3) is 0 Å². The molecule has 0 bridgehead atoms. The molecule has 1 unspecified atom stereocenters. The minimum Gasteiger partial charge on any atom is -0.476 e. The number of nitrogen functional groups attached to an aromatic ring is 1. The molecule has 104 valence electrons. The van der Waals surface area contributed by atoms with E-state index in [9.17, 15) is 4.79 Å². The summed E-state index contributed by atoms with van der Waals surface area (Å²) in [4.78, 5) is 18.0. The predicted molar refractivity (Wildman–Crippen MR) is 74.3 cm³/mol. The summed E-state index contributed by atoms with van der Waals surface area (Å²) in [5.41, 5.74) is 6.36.